The highest BCUT2D eigenvalue weighted by Gasteiger charge is 2.10. The van der Waals surface area contributed by atoms with E-state index in [0.717, 1.165) is 18.5 Å². The Balaban J connectivity index is 2.96. The largest absolute Gasteiger partial charge is 0.454 e. The minimum Gasteiger partial charge on any atom is -0.454 e. The molecule has 0 radical (unpaired) electrons. The lowest BCUT2D eigenvalue weighted by Gasteiger charge is -2.05. The maximum atomic E-state index is 11.7. The minimum absolute atomic E-state index is 0.0247. The van der Waals surface area contributed by atoms with Crippen LogP contribution >= 0.6 is 23.9 Å². The van der Waals surface area contributed by atoms with Crippen LogP contribution in [0.4, 0.5) is 9.57 Å². The Kier molecular flexibility index (Phi) is 5.40. The zero-order valence-electron chi connectivity index (χ0n) is 8.75. The molecule has 0 aliphatic heterocycles. The van der Waals surface area contributed by atoms with Crippen LogP contribution < -0.4 is 10.5 Å². The molecule has 1 aromatic carbocycles. The molecule has 0 spiro atoms. The molecule has 0 aliphatic carbocycles. The molecule has 0 atom stereocenters. The van der Waals surface area contributed by atoms with E-state index >= 15 is 0 Å². The van der Waals surface area contributed by atoms with Gasteiger partial charge in [-0.3, -0.25) is 10.1 Å². The molecule has 1 rings (SSSR count). The molecule has 9 heteroatoms. The van der Waals surface area contributed by atoms with Crippen molar-refractivity contribution in [1.29, 1.82) is 0 Å². The molecule has 2 N–H and O–H groups in total. The summed E-state index contributed by atoms with van der Waals surface area (Å²) >= 11 is 5.42. The van der Waals surface area contributed by atoms with Crippen LogP contribution in [0.3, 0.4) is 0 Å². The van der Waals surface area contributed by atoms with Gasteiger partial charge in [0.1, 0.15) is 5.75 Å². The Hall–Kier alpha value is -1.80. The van der Waals surface area contributed by atoms with Crippen molar-refractivity contribution >= 4 is 35.8 Å². The van der Waals surface area contributed by atoms with Crippen molar-refractivity contribution in [2.75, 3.05) is 0 Å². The lowest BCUT2D eigenvalue weighted by molar-refractivity contribution is -0.384. The number of rotatable bonds is 5. The summed E-state index contributed by atoms with van der Waals surface area (Å²) in [6.07, 6.45) is 2.06. The molecule has 96 valence electrons. The fraction of sp³-hybridized carbons (Fsp3) is 0. The van der Waals surface area contributed by atoms with Crippen molar-refractivity contribution in [3.63, 3.8) is 0 Å². The van der Waals surface area contributed by atoms with Crippen LogP contribution in [-0.2, 0) is 0 Å². The highest BCUT2D eigenvalue weighted by atomic mass is 35.5. The molecule has 1 aromatic rings. The van der Waals surface area contributed by atoms with E-state index in [1.54, 1.807) is 0 Å². The zero-order valence-corrected chi connectivity index (χ0v) is 10.3. The summed E-state index contributed by atoms with van der Waals surface area (Å²) in [6, 6.07) is 3.69. The minimum atomic E-state index is -0.615. The van der Waals surface area contributed by atoms with Gasteiger partial charge in [0.25, 0.3) is 5.69 Å². The molecule has 0 saturated carbocycles. The standard InChI is InChI=1S/C9H7ClFN3O3S/c10-6-1-7(14(15)16)3-8(2-6)17-9(4-12)5-13-18-11/h1-5H,12H2/b9-4+,13-5+. The topological polar surface area (TPSA) is 90.8 Å². The molecule has 0 saturated heterocycles. The van der Waals surface area contributed by atoms with E-state index in [4.69, 9.17) is 22.1 Å². The molecule has 6 nitrogen and oxygen atoms in total. The van der Waals surface area contributed by atoms with E-state index in [1.807, 2.05) is 0 Å². The van der Waals surface area contributed by atoms with Crippen molar-refractivity contribution in [3.05, 3.63) is 45.3 Å². The van der Waals surface area contributed by atoms with E-state index in [9.17, 15) is 14.0 Å². The Morgan fingerprint density at radius 3 is 2.89 bits per heavy atom. The molecular formula is C9H7ClFN3O3S. The number of allylic oxidation sites excluding steroid dienone is 1. The summed E-state index contributed by atoms with van der Waals surface area (Å²) in [5.74, 6) is 0.123. The van der Waals surface area contributed by atoms with Crippen molar-refractivity contribution in [2.24, 2.45) is 10.1 Å². The maximum absolute atomic E-state index is 11.7. The van der Waals surface area contributed by atoms with Crippen molar-refractivity contribution in [3.8, 4) is 5.75 Å². The first-order chi connectivity index (χ1) is 8.56. The van der Waals surface area contributed by atoms with Gasteiger partial charge >= 0.3 is 0 Å². The first-order valence-electron chi connectivity index (χ1n) is 4.42. The second kappa shape index (κ2) is 6.82. The van der Waals surface area contributed by atoms with Crippen LogP contribution in [0.1, 0.15) is 0 Å². The van der Waals surface area contributed by atoms with Crippen LogP contribution in [0.2, 0.25) is 5.02 Å². The molecule has 0 amide bonds. The average molecular weight is 292 g/mol. The predicted octanol–water partition coefficient (Wildman–Crippen LogP) is 3.03. The number of nitro groups is 1. The number of nitrogens with two attached hydrogens (primary N) is 1. The molecule has 0 heterocycles. The van der Waals surface area contributed by atoms with Gasteiger partial charge in [0.2, 0.25) is 0 Å². The SMILES string of the molecule is N/C=C(\C=N\SF)Oc1cc(Cl)cc([N+](=O)[O-])c1. The summed E-state index contributed by atoms with van der Waals surface area (Å²) in [4.78, 5) is 9.99. The first kappa shape index (κ1) is 14.3. The quantitative estimate of drug-likeness (QED) is 0.296. The lowest BCUT2D eigenvalue weighted by Crippen LogP contribution is -2.00. The van der Waals surface area contributed by atoms with Crippen molar-refractivity contribution < 1.29 is 13.5 Å². The third kappa shape index (κ3) is 4.22. The number of non-ortho nitro benzene ring substituents is 1. The highest BCUT2D eigenvalue weighted by Crippen LogP contribution is 2.26. The first-order valence-corrected chi connectivity index (χ1v) is 5.48. The fourth-order valence-corrected chi connectivity index (χ4v) is 1.39. The van der Waals surface area contributed by atoms with Crippen LogP contribution in [0.15, 0.2) is 34.6 Å². The molecule has 0 bridgehead atoms. The average Bonchev–Trinajstić information content (AvgIpc) is 2.33. The molecule has 0 fully saturated rings. The number of halogens is 2. The molecule has 0 aromatic heterocycles. The van der Waals surface area contributed by atoms with E-state index in [2.05, 4.69) is 4.40 Å². The van der Waals surface area contributed by atoms with Gasteiger partial charge < -0.3 is 10.5 Å². The van der Waals surface area contributed by atoms with Crippen molar-refractivity contribution in [1.82, 2.24) is 0 Å². The monoisotopic (exact) mass is 291 g/mol. The second-order valence-corrected chi connectivity index (χ2v) is 3.66. The smallest absolute Gasteiger partial charge is 0.274 e. The van der Waals surface area contributed by atoms with Crippen LogP contribution in [0, 0.1) is 10.1 Å². The Morgan fingerprint density at radius 2 is 2.33 bits per heavy atom. The van der Waals surface area contributed by atoms with Gasteiger partial charge in [-0.15, -0.1) is 3.89 Å². The number of hydrogen-bond donors (Lipinski definition) is 1. The normalized spacial score (nSPS) is 11.8. The molecule has 0 unspecified atom stereocenters. The van der Waals surface area contributed by atoms with Crippen LogP contribution in [-0.4, -0.2) is 11.1 Å². The summed E-state index contributed by atoms with van der Waals surface area (Å²) < 4.78 is 20.1. The Morgan fingerprint density at radius 1 is 1.61 bits per heavy atom. The maximum Gasteiger partial charge on any atom is 0.274 e. The third-order valence-corrected chi connectivity index (χ3v) is 2.09. The number of nitro benzene ring substituents is 1. The summed E-state index contributed by atoms with van der Waals surface area (Å²) in [5, 5.41) is 10.7. The highest BCUT2D eigenvalue weighted by molar-refractivity contribution is 7.93. The summed E-state index contributed by atoms with van der Waals surface area (Å²) in [7, 11) is 0. The lowest BCUT2D eigenvalue weighted by atomic mass is 10.3. The van der Waals surface area contributed by atoms with E-state index in [1.165, 1.54) is 12.1 Å². The summed E-state index contributed by atoms with van der Waals surface area (Å²) in [5.41, 5.74) is 4.99. The Bertz CT molecular complexity index is 510. The summed E-state index contributed by atoms with van der Waals surface area (Å²) in [6.45, 7) is 0. The zero-order chi connectivity index (χ0) is 13.5. The number of hydrogen-bond acceptors (Lipinski definition) is 6. The number of ether oxygens (including phenoxy) is 1. The van der Waals surface area contributed by atoms with E-state index in [0.29, 0.717) is 0 Å². The van der Waals surface area contributed by atoms with Gasteiger partial charge in [-0.05, 0) is 6.07 Å². The van der Waals surface area contributed by atoms with Gasteiger partial charge in [-0.25, -0.2) is 0 Å². The molecular weight excluding hydrogens is 285 g/mol. The number of benzene rings is 1. The van der Waals surface area contributed by atoms with Gasteiger partial charge in [0.15, 0.2) is 18.1 Å². The Labute approximate surface area is 111 Å². The van der Waals surface area contributed by atoms with Crippen LogP contribution in [0.5, 0.6) is 5.75 Å². The predicted molar refractivity (Wildman–Crippen MR) is 68.2 cm³/mol. The van der Waals surface area contributed by atoms with Crippen LogP contribution in [0.25, 0.3) is 0 Å². The fourth-order valence-electron chi connectivity index (χ4n) is 1.02. The van der Waals surface area contributed by atoms with Gasteiger partial charge in [0, 0.05) is 12.3 Å². The third-order valence-electron chi connectivity index (χ3n) is 1.69. The van der Waals surface area contributed by atoms with Gasteiger partial charge in [0.05, 0.1) is 22.2 Å². The molecule has 0 aliphatic rings. The van der Waals surface area contributed by atoms with Crippen molar-refractivity contribution in [2.45, 2.75) is 0 Å². The van der Waals surface area contributed by atoms with Gasteiger partial charge in [-0.2, -0.15) is 4.40 Å². The molecule has 18 heavy (non-hydrogen) atoms. The van der Waals surface area contributed by atoms with E-state index < -0.39 is 4.92 Å². The number of nitrogens with zero attached hydrogens (tertiary/aromatic N) is 2. The van der Waals surface area contributed by atoms with Gasteiger partial charge in [-0.1, -0.05) is 11.6 Å². The second-order valence-electron chi connectivity index (χ2n) is 2.88. The van der Waals surface area contributed by atoms with E-state index in [-0.39, 0.29) is 34.6 Å².